The predicted molar refractivity (Wildman–Crippen MR) is 93.4 cm³/mol. The van der Waals surface area contributed by atoms with Crippen LogP contribution in [-0.4, -0.2) is 42.9 Å². The Kier molecular flexibility index (Phi) is 4.50. The zero-order valence-electron chi connectivity index (χ0n) is 13.8. The summed E-state index contributed by atoms with van der Waals surface area (Å²) in [6, 6.07) is 7.31. The van der Waals surface area contributed by atoms with E-state index >= 15 is 0 Å². The molecular formula is C16H18N6O2S. The minimum Gasteiger partial charge on any atom is -0.376 e. The van der Waals surface area contributed by atoms with Crippen molar-refractivity contribution in [3.05, 3.63) is 40.4 Å². The maximum Gasteiger partial charge on any atom is 0.258 e. The fraction of sp³-hybridized carbons (Fsp3) is 0.438. The van der Waals surface area contributed by atoms with Gasteiger partial charge in [0.2, 0.25) is 5.16 Å². The van der Waals surface area contributed by atoms with Gasteiger partial charge in [0.25, 0.3) is 5.56 Å². The van der Waals surface area contributed by atoms with E-state index < -0.39 is 0 Å². The normalized spacial score (nSPS) is 18.7. The number of H-pyrrole nitrogens is 1. The van der Waals surface area contributed by atoms with E-state index in [2.05, 4.69) is 25.5 Å². The lowest BCUT2D eigenvalue weighted by Crippen LogP contribution is -2.17. The van der Waals surface area contributed by atoms with Gasteiger partial charge in [0, 0.05) is 6.61 Å². The minimum absolute atomic E-state index is 0.0912. The van der Waals surface area contributed by atoms with Gasteiger partial charge >= 0.3 is 0 Å². The lowest BCUT2D eigenvalue weighted by molar-refractivity contribution is 0.0911. The maximum atomic E-state index is 12.2. The highest BCUT2D eigenvalue weighted by molar-refractivity contribution is 7.99. The highest BCUT2D eigenvalue weighted by Gasteiger charge is 2.21. The number of aromatic nitrogens is 6. The maximum absolute atomic E-state index is 12.2. The molecule has 1 aromatic carbocycles. The summed E-state index contributed by atoms with van der Waals surface area (Å²) < 4.78 is 7.41. The van der Waals surface area contributed by atoms with E-state index in [1.807, 2.05) is 25.1 Å². The van der Waals surface area contributed by atoms with Crippen LogP contribution >= 0.6 is 11.8 Å². The summed E-state index contributed by atoms with van der Waals surface area (Å²) in [5.41, 5.74) is 0.555. The molecule has 8 nitrogen and oxygen atoms in total. The Morgan fingerprint density at radius 3 is 3.16 bits per heavy atom. The summed E-state index contributed by atoms with van der Waals surface area (Å²) in [5.74, 6) is 0.611. The SMILES string of the molecule is C[C@H](Sc1nnnn1C[C@@H]1CCCO1)c1nc2ccccc2c(=O)[nH]1. The van der Waals surface area contributed by atoms with Gasteiger partial charge in [-0.1, -0.05) is 23.9 Å². The molecule has 1 fully saturated rings. The Balaban J connectivity index is 1.55. The Morgan fingerprint density at radius 2 is 2.32 bits per heavy atom. The standard InChI is InChI=1S/C16H18N6O2S/c1-10(14-17-13-7-3-2-6-12(13)15(23)18-14)25-16-19-20-21-22(16)9-11-5-4-8-24-11/h2-3,6-7,10-11H,4-5,8-9H2,1H3,(H,17,18,23)/t10-,11-/m0/s1. The molecule has 4 rings (SSSR count). The van der Waals surface area contributed by atoms with E-state index in [1.165, 1.54) is 11.8 Å². The third-order valence-electron chi connectivity index (χ3n) is 4.20. The first-order valence-corrected chi connectivity index (χ1v) is 9.12. The van der Waals surface area contributed by atoms with Crippen LogP contribution in [-0.2, 0) is 11.3 Å². The Bertz CT molecular complexity index is 934. The number of hydrogen-bond acceptors (Lipinski definition) is 7. The molecule has 0 spiro atoms. The number of hydrogen-bond donors (Lipinski definition) is 1. The number of aromatic amines is 1. The summed E-state index contributed by atoms with van der Waals surface area (Å²) in [6.07, 6.45) is 2.27. The van der Waals surface area contributed by atoms with Crippen molar-refractivity contribution in [2.24, 2.45) is 0 Å². The third-order valence-corrected chi connectivity index (χ3v) is 5.28. The quantitative estimate of drug-likeness (QED) is 0.696. The molecule has 130 valence electrons. The number of benzene rings is 1. The molecule has 0 saturated carbocycles. The van der Waals surface area contributed by atoms with Crippen LogP contribution in [0.2, 0.25) is 0 Å². The molecule has 0 amide bonds. The second kappa shape index (κ2) is 6.93. The molecule has 0 bridgehead atoms. The molecule has 0 unspecified atom stereocenters. The van der Waals surface area contributed by atoms with Gasteiger partial charge in [-0.05, 0) is 42.3 Å². The average molecular weight is 358 g/mol. The molecule has 3 heterocycles. The van der Waals surface area contributed by atoms with Crippen molar-refractivity contribution in [3.8, 4) is 0 Å². The second-order valence-corrected chi connectivity index (χ2v) is 7.31. The summed E-state index contributed by atoms with van der Waals surface area (Å²) in [6.45, 7) is 3.42. The lowest BCUT2D eigenvalue weighted by Gasteiger charge is -2.13. The molecule has 25 heavy (non-hydrogen) atoms. The van der Waals surface area contributed by atoms with Gasteiger partial charge in [0.05, 0.1) is 28.8 Å². The smallest absolute Gasteiger partial charge is 0.258 e. The van der Waals surface area contributed by atoms with Gasteiger partial charge in [-0.15, -0.1) is 5.10 Å². The van der Waals surface area contributed by atoms with Gasteiger partial charge in [-0.2, -0.15) is 0 Å². The highest BCUT2D eigenvalue weighted by Crippen LogP contribution is 2.31. The van der Waals surface area contributed by atoms with E-state index in [0.717, 1.165) is 19.4 Å². The van der Waals surface area contributed by atoms with Crippen molar-refractivity contribution in [1.82, 2.24) is 30.2 Å². The number of tetrazole rings is 1. The number of para-hydroxylation sites is 1. The Hall–Kier alpha value is -2.26. The fourth-order valence-electron chi connectivity index (χ4n) is 2.89. The monoisotopic (exact) mass is 358 g/mol. The van der Waals surface area contributed by atoms with Crippen LogP contribution in [0, 0.1) is 0 Å². The van der Waals surface area contributed by atoms with Gasteiger partial charge in [-0.3, -0.25) is 4.79 Å². The van der Waals surface area contributed by atoms with Gasteiger partial charge in [-0.25, -0.2) is 9.67 Å². The van der Waals surface area contributed by atoms with Crippen molar-refractivity contribution < 1.29 is 4.74 Å². The number of rotatable bonds is 5. The van der Waals surface area contributed by atoms with Crippen molar-refractivity contribution in [2.75, 3.05) is 6.61 Å². The molecule has 1 aliphatic rings. The molecule has 2 atom stereocenters. The molecule has 3 aromatic rings. The predicted octanol–water partition coefficient (Wildman–Crippen LogP) is 1.94. The molecule has 0 radical (unpaired) electrons. The van der Waals surface area contributed by atoms with Crippen molar-refractivity contribution in [2.45, 2.75) is 42.8 Å². The average Bonchev–Trinajstić information content (AvgIpc) is 3.28. The molecule has 1 N–H and O–H groups in total. The van der Waals surface area contributed by atoms with Crippen LogP contribution in [0.4, 0.5) is 0 Å². The van der Waals surface area contributed by atoms with Crippen molar-refractivity contribution >= 4 is 22.7 Å². The fourth-order valence-corrected chi connectivity index (χ4v) is 3.74. The Labute approximate surface area is 148 Å². The third kappa shape index (κ3) is 3.42. The Morgan fingerprint density at radius 1 is 1.44 bits per heavy atom. The zero-order chi connectivity index (χ0) is 17.2. The van der Waals surface area contributed by atoms with E-state index in [4.69, 9.17) is 4.74 Å². The van der Waals surface area contributed by atoms with Crippen LogP contribution in [0.5, 0.6) is 0 Å². The molecule has 1 aliphatic heterocycles. The number of nitrogens with one attached hydrogen (secondary N) is 1. The van der Waals surface area contributed by atoms with E-state index in [-0.39, 0.29) is 16.9 Å². The highest BCUT2D eigenvalue weighted by atomic mass is 32.2. The van der Waals surface area contributed by atoms with Crippen LogP contribution in [0.15, 0.2) is 34.2 Å². The van der Waals surface area contributed by atoms with Crippen molar-refractivity contribution in [1.29, 1.82) is 0 Å². The summed E-state index contributed by atoms with van der Waals surface area (Å²) in [7, 11) is 0. The second-order valence-electron chi connectivity index (χ2n) is 6.01. The largest absolute Gasteiger partial charge is 0.376 e. The van der Waals surface area contributed by atoms with Crippen LogP contribution in [0.1, 0.15) is 30.8 Å². The minimum atomic E-state index is -0.132. The summed E-state index contributed by atoms with van der Waals surface area (Å²) >= 11 is 1.47. The topological polar surface area (TPSA) is 98.6 Å². The van der Waals surface area contributed by atoms with Gasteiger partial charge in [0.15, 0.2) is 0 Å². The zero-order valence-corrected chi connectivity index (χ0v) is 14.6. The van der Waals surface area contributed by atoms with Gasteiger partial charge < -0.3 is 9.72 Å². The summed E-state index contributed by atoms with van der Waals surface area (Å²) in [5, 5.41) is 13.1. The van der Waals surface area contributed by atoms with Gasteiger partial charge in [0.1, 0.15) is 5.82 Å². The van der Waals surface area contributed by atoms with E-state index in [0.29, 0.717) is 28.4 Å². The molecular weight excluding hydrogens is 340 g/mol. The van der Waals surface area contributed by atoms with E-state index in [9.17, 15) is 4.79 Å². The molecule has 2 aromatic heterocycles. The number of nitrogens with zero attached hydrogens (tertiary/aromatic N) is 5. The van der Waals surface area contributed by atoms with Crippen LogP contribution < -0.4 is 5.56 Å². The molecule has 0 aliphatic carbocycles. The summed E-state index contributed by atoms with van der Waals surface area (Å²) in [4.78, 5) is 19.7. The number of fused-ring (bicyclic) bond motifs is 1. The first-order chi connectivity index (χ1) is 12.2. The molecule has 9 heteroatoms. The number of ether oxygens (including phenoxy) is 1. The van der Waals surface area contributed by atoms with Crippen LogP contribution in [0.3, 0.4) is 0 Å². The number of thioether (sulfide) groups is 1. The first-order valence-electron chi connectivity index (χ1n) is 8.24. The van der Waals surface area contributed by atoms with E-state index in [1.54, 1.807) is 10.7 Å². The first kappa shape index (κ1) is 16.2. The van der Waals surface area contributed by atoms with Crippen LogP contribution in [0.25, 0.3) is 10.9 Å². The van der Waals surface area contributed by atoms with Crippen molar-refractivity contribution in [3.63, 3.8) is 0 Å². The lowest BCUT2D eigenvalue weighted by atomic mass is 10.2. The molecule has 1 saturated heterocycles.